The van der Waals surface area contributed by atoms with Crippen LogP contribution >= 0.6 is 11.6 Å². The monoisotopic (exact) mass is 279 g/mol. The molecule has 0 spiro atoms. The number of benzene rings is 2. The summed E-state index contributed by atoms with van der Waals surface area (Å²) in [6.07, 6.45) is 0. The van der Waals surface area contributed by atoms with Crippen LogP contribution in [0.2, 0.25) is 5.02 Å². The van der Waals surface area contributed by atoms with Crippen molar-refractivity contribution in [1.29, 1.82) is 0 Å². The van der Waals surface area contributed by atoms with E-state index in [0.717, 1.165) is 12.1 Å². The lowest BCUT2D eigenvalue weighted by Gasteiger charge is -2.08. The van der Waals surface area contributed by atoms with Crippen LogP contribution in [0.25, 0.3) is 0 Å². The van der Waals surface area contributed by atoms with Crippen molar-refractivity contribution in [3.63, 3.8) is 0 Å². The molecule has 0 aromatic heterocycles. The van der Waals surface area contributed by atoms with E-state index in [1.165, 1.54) is 12.1 Å². The number of hydrogen-bond acceptors (Lipinski definition) is 2. The van der Waals surface area contributed by atoms with Crippen molar-refractivity contribution in [2.45, 2.75) is 6.92 Å². The SMILES string of the molecule is Cc1ccc(NC(=O)c2ccc(F)cc2Cl)cc1O. The summed E-state index contributed by atoms with van der Waals surface area (Å²) in [6.45, 7) is 1.75. The van der Waals surface area contributed by atoms with E-state index in [1.807, 2.05) is 0 Å². The molecule has 2 aromatic rings. The van der Waals surface area contributed by atoms with Crippen molar-refractivity contribution in [2.24, 2.45) is 0 Å². The summed E-state index contributed by atoms with van der Waals surface area (Å²) in [6, 6.07) is 8.31. The van der Waals surface area contributed by atoms with Gasteiger partial charge in [-0.2, -0.15) is 0 Å². The number of nitrogens with one attached hydrogen (secondary N) is 1. The Morgan fingerprint density at radius 2 is 2.00 bits per heavy atom. The average Bonchev–Trinajstić information content (AvgIpc) is 2.33. The normalized spacial score (nSPS) is 10.3. The zero-order valence-corrected chi connectivity index (χ0v) is 10.8. The number of carbonyl (C=O) groups excluding carboxylic acids is 1. The third-order valence-corrected chi connectivity index (χ3v) is 2.96. The number of rotatable bonds is 2. The van der Waals surface area contributed by atoms with E-state index in [2.05, 4.69) is 5.32 Å². The van der Waals surface area contributed by atoms with Gasteiger partial charge in [-0.3, -0.25) is 4.79 Å². The van der Waals surface area contributed by atoms with E-state index >= 15 is 0 Å². The fourth-order valence-corrected chi connectivity index (χ4v) is 1.81. The average molecular weight is 280 g/mol. The second-order valence-corrected chi connectivity index (χ2v) is 4.49. The lowest BCUT2D eigenvalue weighted by Crippen LogP contribution is -2.12. The molecule has 0 fully saturated rings. The van der Waals surface area contributed by atoms with Crippen LogP contribution in [0.3, 0.4) is 0 Å². The molecule has 0 aliphatic rings. The molecule has 0 bridgehead atoms. The Balaban J connectivity index is 2.23. The Morgan fingerprint density at radius 1 is 1.26 bits per heavy atom. The zero-order valence-electron chi connectivity index (χ0n) is 10.1. The number of carbonyl (C=O) groups is 1. The third-order valence-electron chi connectivity index (χ3n) is 2.64. The first-order valence-corrected chi connectivity index (χ1v) is 5.91. The molecule has 0 saturated carbocycles. The van der Waals surface area contributed by atoms with Gasteiger partial charge in [0.25, 0.3) is 5.91 Å². The smallest absolute Gasteiger partial charge is 0.257 e. The van der Waals surface area contributed by atoms with Crippen LogP contribution in [-0.2, 0) is 0 Å². The largest absolute Gasteiger partial charge is 0.508 e. The van der Waals surface area contributed by atoms with E-state index in [0.29, 0.717) is 11.3 Å². The number of aromatic hydroxyl groups is 1. The molecule has 2 aromatic carbocycles. The fraction of sp³-hybridized carbons (Fsp3) is 0.0714. The minimum Gasteiger partial charge on any atom is -0.508 e. The highest BCUT2D eigenvalue weighted by molar-refractivity contribution is 6.34. The van der Waals surface area contributed by atoms with Gasteiger partial charge in [0.15, 0.2) is 0 Å². The highest BCUT2D eigenvalue weighted by Crippen LogP contribution is 2.23. The Morgan fingerprint density at radius 3 is 2.63 bits per heavy atom. The van der Waals surface area contributed by atoms with E-state index in [1.54, 1.807) is 19.1 Å². The predicted octanol–water partition coefficient (Wildman–Crippen LogP) is 3.75. The number of phenols is 1. The van der Waals surface area contributed by atoms with Crippen LogP contribution in [0.1, 0.15) is 15.9 Å². The molecule has 0 heterocycles. The molecule has 3 nitrogen and oxygen atoms in total. The quantitative estimate of drug-likeness (QED) is 0.880. The summed E-state index contributed by atoms with van der Waals surface area (Å²) in [7, 11) is 0. The molecule has 2 rings (SSSR count). The molecular formula is C14H11ClFNO2. The van der Waals surface area contributed by atoms with Crippen molar-refractivity contribution < 1.29 is 14.3 Å². The predicted molar refractivity (Wildman–Crippen MR) is 72.2 cm³/mol. The van der Waals surface area contributed by atoms with Gasteiger partial charge in [-0.05, 0) is 36.8 Å². The second kappa shape index (κ2) is 5.28. The number of hydrogen-bond donors (Lipinski definition) is 2. The summed E-state index contributed by atoms with van der Waals surface area (Å²) < 4.78 is 12.9. The molecule has 1 amide bonds. The number of amides is 1. The van der Waals surface area contributed by atoms with E-state index < -0.39 is 11.7 Å². The van der Waals surface area contributed by atoms with Crippen molar-refractivity contribution in [3.8, 4) is 5.75 Å². The van der Waals surface area contributed by atoms with Crippen LogP contribution in [0, 0.1) is 12.7 Å². The van der Waals surface area contributed by atoms with Crippen LogP contribution in [-0.4, -0.2) is 11.0 Å². The van der Waals surface area contributed by atoms with Gasteiger partial charge in [0.2, 0.25) is 0 Å². The highest BCUT2D eigenvalue weighted by atomic mass is 35.5. The standard InChI is InChI=1S/C14H11ClFNO2/c1-8-2-4-10(7-13(8)18)17-14(19)11-5-3-9(16)6-12(11)15/h2-7,18H,1H3,(H,17,19). The summed E-state index contributed by atoms with van der Waals surface area (Å²) in [5.74, 6) is -0.884. The van der Waals surface area contributed by atoms with Gasteiger partial charge in [-0.25, -0.2) is 4.39 Å². The van der Waals surface area contributed by atoms with Gasteiger partial charge >= 0.3 is 0 Å². The van der Waals surface area contributed by atoms with Crippen molar-refractivity contribution in [1.82, 2.24) is 0 Å². The maximum Gasteiger partial charge on any atom is 0.257 e. The second-order valence-electron chi connectivity index (χ2n) is 4.08. The van der Waals surface area contributed by atoms with Crippen LogP contribution < -0.4 is 5.32 Å². The van der Waals surface area contributed by atoms with Gasteiger partial charge in [-0.1, -0.05) is 17.7 Å². The summed E-state index contributed by atoms with van der Waals surface area (Å²) in [4.78, 5) is 11.9. The maximum absolute atomic E-state index is 12.9. The number of halogens is 2. The van der Waals surface area contributed by atoms with Gasteiger partial charge < -0.3 is 10.4 Å². The Bertz CT molecular complexity index is 643. The Labute approximate surface area is 114 Å². The van der Waals surface area contributed by atoms with Crippen LogP contribution in [0.15, 0.2) is 36.4 Å². The summed E-state index contributed by atoms with van der Waals surface area (Å²) in [5, 5.41) is 12.2. The number of aryl methyl sites for hydroxylation is 1. The van der Waals surface area contributed by atoms with E-state index in [4.69, 9.17) is 11.6 Å². The molecule has 98 valence electrons. The molecule has 0 radical (unpaired) electrons. The van der Waals surface area contributed by atoms with Crippen molar-refractivity contribution in [3.05, 3.63) is 58.4 Å². The van der Waals surface area contributed by atoms with E-state index in [9.17, 15) is 14.3 Å². The first kappa shape index (κ1) is 13.4. The first-order valence-electron chi connectivity index (χ1n) is 5.53. The Hall–Kier alpha value is -2.07. The Kier molecular flexibility index (Phi) is 3.71. The molecule has 5 heteroatoms. The highest BCUT2D eigenvalue weighted by Gasteiger charge is 2.11. The molecule has 0 saturated heterocycles. The molecular weight excluding hydrogens is 269 g/mol. The number of anilines is 1. The maximum atomic E-state index is 12.9. The molecule has 0 unspecified atom stereocenters. The van der Waals surface area contributed by atoms with Gasteiger partial charge in [-0.15, -0.1) is 0 Å². The number of phenolic OH excluding ortho intramolecular Hbond substituents is 1. The fourth-order valence-electron chi connectivity index (χ4n) is 1.56. The molecule has 0 aliphatic carbocycles. The third kappa shape index (κ3) is 3.03. The minimum absolute atomic E-state index is 0.0360. The topological polar surface area (TPSA) is 49.3 Å². The lowest BCUT2D eigenvalue weighted by molar-refractivity contribution is 0.102. The zero-order chi connectivity index (χ0) is 14.0. The van der Waals surface area contributed by atoms with Gasteiger partial charge in [0, 0.05) is 11.8 Å². The molecule has 0 aliphatic heterocycles. The lowest BCUT2D eigenvalue weighted by atomic mass is 10.1. The van der Waals surface area contributed by atoms with Gasteiger partial charge in [0.05, 0.1) is 10.6 Å². The van der Waals surface area contributed by atoms with Crippen molar-refractivity contribution >= 4 is 23.2 Å². The van der Waals surface area contributed by atoms with E-state index in [-0.39, 0.29) is 16.3 Å². The molecule has 0 atom stereocenters. The molecule has 19 heavy (non-hydrogen) atoms. The first-order chi connectivity index (χ1) is 8.97. The van der Waals surface area contributed by atoms with Crippen LogP contribution in [0.4, 0.5) is 10.1 Å². The van der Waals surface area contributed by atoms with Crippen molar-refractivity contribution in [2.75, 3.05) is 5.32 Å². The molecule has 2 N–H and O–H groups in total. The van der Waals surface area contributed by atoms with Gasteiger partial charge in [0.1, 0.15) is 11.6 Å². The minimum atomic E-state index is -0.505. The van der Waals surface area contributed by atoms with Crippen LogP contribution in [0.5, 0.6) is 5.75 Å². The summed E-state index contributed by atoms with van der Waals surface area (Å²) >= 11 is 5.80. The summed E-state index contributed by atoms with van der Waals surface area (Å²) in [5.41, 5.74) is 1.31.